The third-order valence-electron chi connectivity index (χ3n) is 4.38. The van der Waals surface area contributed by atoms with Gasteiger partial charge in [0, 0.05) is 37.4 Å². The molecule has 0 bridgehead atoms. The molecule has 1 aromatic heterocycles. The zero-order chi connectivity index (χ0) is 17.6. The smallest absolute Gasteiger partial charge is 0.254 e. The van der Waals surface area contributed by atoms with Crippen LogP contribution < -0.4 is 10.1 Å². The van der Waals surface area contributed by atoms with Gasteiger partial charge >= 0.3 is 0 Å². The van der Waals surface area contributed by atoms with E-state index in [0.717, 1.165) is 43.1 Å². The highest BCUT2D eigenvalue weighted by atomic mass is 16.5. The molecular formula is C19H25N3O3. The Morgan fingerprint density at radius 2 is 2.36 bits per heavy atom. The van der Waals surface area contributed by atoms with Crippen molar-refractivity contribution in [3.8, 4) is 5.75 Å². The molecule has 1 N–H and O–H groups in total. The van der Waals surface area contributed by atoms with E-state index in [1.807, 2.05) is 32.0 Å². The molecule has 1 aromatic carbocycles. The summed E-state index contributed by atoms with van der Waals surface area (Å²) in [5, 5.41) is 7.08. The van der Waals surface area contributed by atoms with Gasteiger partial charge in [0.1, 0.15) is 5.75 Å². The van der Waals surface area contributed by atoms with Gasteiger partial charge in [0.15, 0.2) is 0 Å². The third kappa shape index (κ3) is 4.60. The molecule has 1 atom stereocenters. The number of hydrogen-bond acceptors (Lipinski definition) is 4. The summed E-state index contributed by atoms with van der Waals surface area (Å²) < 4.78 is 13.1. The maximum Gasteiger partial charge on any atom is 0.254 e. The number of ether oxygens (including phenoxy) is 2. The van der Waals surface area contributed by atoms with Crippen LogP contribution in [0.3, 0.4) is 0 Å². The Kier molecular flexibility index (Phi) is 5.71. The fourth-order valence-electron chi connectivity index (χ4n) is 2.80. The molecule has 6 heteroatoms. The summed E-state index contributed by atoms with van der Waals surface area (Å²) in [6.07, 6.45) is 4.38. The molecule has 134 valence electrons. The zero-order valence-corrected chi connectivity index (χ0v) is 14.8. The predicted molar refractivity (Wildman–Crippen MR) is 94.7 cm³/mol. The Labute approximate surface area is 148 Å². The van der Waals surface area contributed by atoms with E-state index in [-0.39, 0.29) is 5.91 Å². The molecule has 3 rings (SSSR count). The Bertz CT molecular complexity index is 720. The Balaban J connectivity index is 1.61. The number of rotatable bonds is 7. The summed E-state index contributed by atoms with van der Waals surface area (Å²) in [5.41, 5.74) is 2.68. The lowest BCUT2D eigenvalue weighted by Crippen LogP contribution is -2.23. The molecule has 6 nitrogen and oxygen atoms in total. The van der Waals surface area contributed by atoms with Crippen molar-refractivity contribution in [3.63, 3.8) is 0 Å². The van der Waals surface area contributed by atoms with Gasteiger partial charge in [0.2, 0.25) is 0 Å². The predicted octanol–water partition coefficient (Wildman–Crippen LogP) is 2.56. The highest BCUT2D eigenvalue weighted by Gasteiger charge is 2.17. The number of benzene rings is 1. The maximum absolute atomic E-state index is 12.3. The minimum atomic E-state index is -0.129. The Morgan fingerprint density at radius 3 is 3.08 bits per heavy atom. The van der Waals surface area contributed by atoms with E-state index in [9.17, 15) is 4.79 Å². The molecule has 0 unspecified atom stereocenters. The molecule has 0 spiro atoms. The van der Waals surface area contributed by atoms with Crippen molar-refractivity contribution < 1.29 is 14.3 Å². The first-order chi connectivity index (χ1) is 12.2. The number of carbonyl (C=O) groups excluding carboxylic acids is 1. The van der Waals surface area contributed by atoms with Gasteiger partial charge in [0.05, 0.1) is 25.0 Å². The number of aromatic nitrogens is 2. The highest BCUT2D eigenvalue weighted by molar-refractivity contribution is 5.93. The molecule has 1 fully saturated rings. The third-order valence-corrected chi connectivity index (χ3v) is 4.38. The molecule has 25 heavy (non-hydrogen) atoms. The first-order valence-electron chi connectivity index (χ1n) is 8.76. The maximum atomic E-state index is 12.3. The Morgan fingerprint density at radius 1 is 1.48 bits per heavy atom. The highest BCUT2D eigenvalue weighted by Crippen LogP contribution is 2.22. The van der Waals surface area contributed by atoms with Gasteiger partial charge < -0.3 is 14.8 Å². The van der Waals surface area contributed by atoms with Crippen LogP contribution in [0.15, 0.2) is 30.6 Å². The van der Waals surface area contributed by atoms with Crippen LogP contribution in [0.5, 0.6) is 5.75 Å². The quantitative estimate of drug-likeness (QED) is 0.839. The van der Waals surface area contributed by atoms with Crippen LogP contribution in [-0.2, 0) is 17.8 Å². The molecule has 1 amide bonds. The number of nitrogens with zero attached hydrogens (tertiary/aromatic N) is 2. The average molecular weight is 343 g/mol. The monoisotopic (exact) mass is 343 g/mol. The van der Waals surface area contributed by atoms with Crippen LogP contribution in [0.2, 0.25) is 0 Å². The summed E-state index contributed by atoms with van der Waals surface area (Å²) in [4.78, 5) is 12.3. The van der Waals surface area contributed by atoms with Crippen molar-refractivity contribution >= 4 is 5.91 Å². The van der Waals surface area contributed by atoms with Crippen molar-refractivity contribution in [1.29, 1.82) is 0 Å². The molecular weight excluding hydrogens is 318 g/mol. The van der Waals surface area contributed by atoms with Gasteiger partial charge in [-0.1, -0.05) is 12.1 Å². The first-order valence-corrected chi connectivity index (χ1v) is 8.76. The van der Waals surface area contributed by atoms with Crippen molar-refractivity contribution in [2.45, 2.75) is 33.4 Å². The molecule has 0 radical (unpaired) electrons. The van der Waals surface area contributed by atoms with Gasteiger partial charge in [-0.05, 0) is 31.9 Å². The fourth-order valence-corrected chi connectivity index (χ4v) is 2.80. The summed E-state index contributed by atoms with van der Waals surface area (Å²) in [5.74, 6) is 1.15. The number of carbonyl (C=O) groups is 1. The van der Waals surface area contributed by atoms with Crippen LogP contribution in [0.25, 0.3) is 0 Å². The molecule has 2 aromatic rings. The summed E-state index contributed by atoms with van der Waals surface area (Å²) >= 11 is 0. The van der Waals surface area contributed by atoms with Crippen molar-refractivity contribution in [3.05, 3.63) is 47.3 Å². The van der Waals surface area contributed by atoms with Gasteiger partial charge in [-0.2, -0.15) is 5.10 Å². The topological polar surface area (TPSA) is 65.4 Å². The fraction of sp³-hybridized carbons (Fsp3) is 0.474. The minimum Gasteiger partial charge on any atom is -0.493 e. The van der Waals surface area contributed by atoms with E-state index in [4.69, 9.17) is 9.47 Å². The number of nitrogens with one attached hydrogen (secondary N) is 1. The Hall–Kier alpha value is -2.34. The van der Waals surface area contributed by atoms with Crippen LogP contribution >= 0.6 is 0 Å². The number of amides is 1. The number of hydrogen-bond donors (Lipinski definition) is 1. The molecule has 1 saturated heterocycles. The lowest BCUT2D eigenvalue weighted by Gasteiger charge is -2.15. The van der Waals surface area contributed by atoms with Crippen molar-refractivity contribution in [2.24, 2.45) is 5.92 Å². The van der Waals surface area contributed by atoms with Crippen molar-refractivity contribution in [1.82, 2.24) is 15.1 Å². The van der Waals surface area contributed by atoms with E-state index < -0.39 is 0 Å². The van der Waals surface area contributed by atoms with Gasteiger partial charge in [0.25, 0.3) is 5.91 Å². The van der Waals surface area contributed by atoms with Gasteiger partial charge in [-0.3, -0.25) is 9.48 Å². The van der Waals surface area contributed by atoms with E-state index in [1.165, 1.54) is 0 Å². The normalized spacial score (nSPS) is 16.8. The van der Waals surface area contributed by atoms with Crippen LogP contribution in [0.1, 0.15) is 34.8 Å². The number of aryl methyl sites for hydroxylation is 2. The summed E-state index contributed by atoms with van der Waals surface area (Å²) in [7, 11) is 0. The molecule has 0 aliphatic carbocycles. The second-order valence-corrected chi connectivity index (χ2v) is 6.42. The summed E-state index contributed by atoms with van der Waals surface area (Å²) in [6.45, 7) is 7.41. The molecule has 1 aliphatic heterocycles. The lowest BCUT2D eigenvalue weighted by atomic mass is 10.1. The van der Waals surface area contributed by atoms with E-state index in [2.05, 4.69) is 10.4 Å². The molecule has 0 saturated carbocycles. The molecule has 1 aliphatic rings. The van der Waals surface area contributed by atoms with E-state index in [1.54, 1.807) is 17.1 Å². The van der Waals surface area contributed by atoms with Crippen LogP contribution in [-0.4, -0.2) is 35.5 Å². The van der Waals surface area contributed by atoms with Gasteiger partial charge in [-0.25, -0.2) is 0 Å². The van der Waals surface area contributed by atoms with Crippen LogP contribution in [0, 0.1) is 12.8 Å². The first kappa shape index (κ1) is 17.5. The van der Waals surface area contributed by atoms with E-state index in [0.29, 0.717) is 24.6 Å². The standard InChI is InChI=1S/C19H25N3O3/c1-3-22-11-17(10-21-22)19(23)20-9-16-5-4-14(2)8-18(16)25-13-15-6-7-24-12-15/h4-5,8,10-11,15H,3,6-7,9,12-13H2,1-2H3,(H,20,23)/t15-/m1/s1. The van der Waals surface area contributed by atoms with Crippen molar-refractivity contribution in [2.75, 3.05) is 19.8 Å². The lowest BCUT2D eigenvalue weighted by molar-refractivity contribution is 0.0950. The van der Waals surface area contributed by atoms with Crippen LogP contribution in [0.4, 0.5) is 0 Å². The summed E-state index contributed by atoms with van der Waals surface area (Å²) in [6, 6.07) is 6.06. The second-order valence-electron chi connectivity index (χ2n) is 6.42. The average Bonchev–Trinajstić information content (AvgIpc) is 3.30. The second kappa shape index (κ2) is 8.16. The van der Waals surface area contributed by atoms with E-state index >= 15 is 0 Å². The SMILES string of the molecule is CCn1cc(C(=O)NCc2ccc(C)cc2OC[C@@H]2CCOC2)cn1. The largest absolute Gasteiger partial charge is 0.493 e. The molecule has 2 heterocycles. The minimum absolute atomic E-state index is 0.129. The zero-order valence-electron chi connectivity index (χ0n) is 14.8. The van der Waals surface area contributed by atoms with Gasteiger partial charge in [-0.15, -0.1) is 0 Å².